The Morgan fingerprint density at radius 3 is 2.38 bits per heavy atom. The zero-order valence-electron chi connectivity index (χ0n) is 5.52. The van der Waals surface area contributed by atoms with Crippen LogP contribution in [0.3, 0.4) is 0 Å². The number of rotatable bonds is 1. The molecule has 1 fully saturated rings. The summed E-state index contributed by atoms with van der Waals surface area (Å²) in [6.07, 6.45) is 3.35. The minimum absolute atomic E-state index is 0.478. The molecule has 0 aromatic carbocycles. The van der Waals surface area contributed by atoms with E-state index in [0.717, 1.165) is 5.92 Å². The number of hydrogen-bond donors (Lipinski definition) is 1. The van der Waals surface area contributed by atoms with E-state index in [4.69, 9.17) is 5.73 Å². The molecule has 1 rings (SSSR count). The van der Waals surface area contributed by atoms with Gasteiger partial charge in [0.2, 0.25) is 0 Å². The molecule has 1 aliphatic carbocycles. The number of hydrogen-bond acceptors (Lipinski definition) is 1. The first kappa shape index (κ1) is 5.83. The van der Waals surface area contributed by atoms with Crippen molar-refractivity contribution in [2.75, 3.05) is 0 Å². The fourth-order valence-corrected chi connectivity index (χ4v) is 0.952. The second-order valence-corrected chi connectivity index (χ2v) is 2.54. The Labute approximate surface area is 50.6 Å². The van der Waals surface area contributed by atoms with E-state index in [2.05, 4.69) is 19.9 Å². The Morgan fingerprint density at radius 1 is 1.75 bits per heavy atom. The predicted octanol–water partition coefficient (Wildman–Crippen LogP) is 1.30. The minimum Gasteiger partial charge on any atom is -0.327 e. The summed E-state index contributed by atoms with van der Waals surface area (Å²) < 4.78 is 0. The van der Waals surface area contributed by atoms with E-state index in [1.165, 1.54) is 12.0 Å². The summed E-state index contributed by atoms with van der Waals surface area (Å²) in [7, 11) is 0. The van der Waals surface area contributed by atoms with E-state index in [1.54, 1.807) is 0 Å². The van der Waals surface area contributed by atoms with Crippen LogP contribution < -0.4 is 5.73 Å². The van der Waals surface area contributed by atoms with Gasteiger partial charge in [-0.25, -0.2) is 0 Å². The van der Waals surface area contributed by atoms with Gasteiger partial charge in [-0.1, -0.05) is 11.6 Å². The fraction of sp³-hybridized carbons (Fsp3) is 0.714. The predicted molar refractivity (Wildman–Crippen MR) is 35.5 cm³/mol. The minimum atomic E-state index is 0.478. The maximum Gasteiger partial charge on any atom is 0.0111 e. The van der Waals surface area contributed by atoms with Crippen LogP contribution in [0.5, 0.6) is 0 Å². The number of nitrogens with two attached hydrogens (primary N) is 1. The van der Waals surface area contributed by atoms with Crippen LogP contribution in [-0.4, -0.2) is 6.04 Å². The molecule has 2 unspecified atom stereocenters. The molecule has 0 radical (unpaired) electrons. The molecule has 2 N–H and O–H groups in total. The maximum atomic E-state index is 5.60. The van der Waals surface area contributed by atoms with Crippen molar-refractivity contribution in [3.63, 3.8) is 0 Å². The lowest BCUT2D eigenvalue weighted by atomic mass is 10.2. The molecule has 46 valence electrons. The van der Waals surface area contributed by atoms with E-state index in [-0.39, 0.29) is 0 Å². The lowest BCUT2D eigenvalue weighted by Crippen LogP contribution is -2.01. The van der Waals surface area contributed by atoms with Crippen molar-refractivity contribution in [3.05, 3.63) is 11.6 Å². The first-order valence-corrected chi connectivity index (χ1v) is 3.14. The van der Waals surface area contributed by atoms with Crippen molar-refractivity contribution in [2.24, 2.45) is 11.7 Å². The van der Waals surface area contributed by atoms with Crippen LogP contribution in [0.2, 0.25) is 0 Å². The highest BCUT2D eigenvalue weighted by atomic mass is 14.7. The standard InChI is InChI=1S/C7H13N/c1-3-5(2)6-4-7(6)8/h3,6-7H,4,8H2,1-2H3. The van der Waals surface area contributed by atoms with Crippen LogP contribution >= 0.6 is 0 Å². The van der Waals surface area contributed by atoms with Crippen molar-refractivity contribution >= 4 is 0 Å². The van der Waals surface area contributed by atoms with Crippen LogP contribution in [0.4, 0.5) is 0 Å². The topological polar surface area (TPSA) is 26.0 Å². The van der Waals surface area contributed by atoms with E-state index in [9.17, 15) is 0 Å². The van der Waals surface area contributed by atoms with Gasteiger partial charge in [-0.2, -0.15) is 0 Å². The van der Waals surface area contributed by atoms with Gasteiger partial charge in [0.25, 0.3) is 0 Å². The van der Waals surface area contributed by atoms with Gasteiger partial charge in [0.1, 0.15) is 0 Å². The van der Waals surface area contributed by atoms with Crippen molar-refractivity contribution in [2.45, 2.75) is 26.3 Å². The van der Waals surface area contributed by atoms with Gasteiger partial charge in [0.05, 0.1) is 0 Å². The summed E-state index contributed by atoms with van der Waals surface area (Å²) in [6.45, 7) is 4.22. The monoisotopic (exact) mass is 111 g/mol. The lowest BCUT2D eigenvalue weighted by molar-refractivity contribution is 0.914. The third-order valence-corrected chi connectivity index (χ3v) is 1.88. The van der Waals surface area contributed by atoms with Crippen molar-refractivity contribution in [3.8, 4) is 0 Å². The zero-order chi connectivity index (χ0) is 6.15. The van der Waals surface area contributed by atoms with Crippen LogP contribution in [0.25, 0.3) is 0 Å². The van der Waals surface area contributed by atoms with Crippen molar-refractivity contribution in [1.82, 2.24) is 0 Å². The molecule has 0 amide bonds. The molecule has 0 saturated heterocycles. The van der Waals surface area contributed by atoms with E-state index in [0.29, 0.717) is 6.04 Å². The Bertz CT molecular complexity index is 116. The highest BCUT2D eigenvalue weighted by Gasteiger charge is 2.33. The van der Waals surface area contributed by atoms with E-state index >= 15 is 0 Å². The normalized spacial score (nSPS) is 37.6. The van der Waals surface area contributed by atoms with Gasteiger partial charge in [0.15, 0.2) is 0 Å². The molecule has 0 aliphatic heterocycles. The molecule has 1 heteroatoms. The molecule has 0 aromatic rings. The van der Waals surface area contributed by atoms with Crippen LogP contribution in [0.15, 0.2) is 11.6 Å². The van der Waals surface area contributed by atoms with Gasteiger partial charge >= 0.3 is 0 Å². The van der Waals surface area contributed by atoms with E-state index < -0.39 is 0 Å². The summed E-state index contributed by atoms with van der Waals surface area (Å²) in [5.74, 6) is 0.722. The quantitative estimate of drug-likeness (QED) is 0.507. The second-order valence-electron chi connectivity index (χ2n) is 2.54. The van der Waals surface area contributed by atoms with Crippen LogP contribution in [-0.2, 0) is 0 Å². The fourth-order valence-electron chi connectivity index (χ4n) is 0.952. The average molecular weight is 111 g/mol. The third kappa shape index (κ3) is 0.920. The largest absolute Gasteiger partial charge is 0.327 e. The Kier molecular flexibility index (Phi) is 1.39. The summed E-state index contributed by atoms with van der Waals surface area (Å²) in [4.78, 5) is 0. The average Bonchev–Trinajstić information content (AvgIpc) is 2.45. The molecular formula is C7H13N. The number of allylic oxidation sites excluding steroid dienone is 1. The Balaban J connectivity index is 2.39. The van der Waals surface area contributed by atoms with Gasteiger partial charge in [0, 0.05) is 6.04 Å². The summed E-state index contributed by atoms with van der Waals surface area (Å²) >= 11 is 0. The molecule has 1 aliphatic rings. The second kappa shape index (κ2) is 1.90. The van der Waals surface area contributed by atoms with Gasteiger partial charge < -0.3 is 5.73 Å². The Hall–Kier alpha value is -0.300. The molecule has 1 nitrogen and oxygen atoms in total. The highest BCUT2D eigenvalue weighted by molar-refractivity contribution is 5.14. The van der Waals surface area contributed by atoms with Crippen molar-refractivity contribution in [1.29, 1.82) is 0 Å². The smallest absolute Gasteiger partial charge is 0.0111 e. The van der Waals surface area contributed by atoms with Gasteiger partial charge in [-0.05, 0) is 26.2 Å². The van der Waals surface area contributed by atoms with Gasteiger partial charge in [-0.3, -0.25) is 0 Å². The van der Waals surface area contributed by atoms with E-state index in [1.807, 2.05) is 0 Å². The van der Waals surface area contributed by atoms with Crippen molar-refractivity contribution < 1.29 is 0 Å². The SMILES string of the molecule is CC=C(C)C1CC1N. The highest BCUT2D eigenvalue weighted by Crippen LogP contribution is 2.34. The molecule has 0 spiro atoms. The third-order valence-electron chi connectivity index (χ3n) is 1.88. The molecular weight excluding hydrogens is 98.1 g/mol. The van der Waals surface area contributed by atoms with Crippen LogP contribution in [0, 0.1) is 5.92 Å². The molecule has 0 bridgehead atoms. The molecule has 8 heavy (non-hydrogen) atoms. The molecule has 1 saturated carbocycles. The Morgan fingerprint density at radius 2 is 2.25 bits per heavy atom. The summed E-state index contributed by atoms with van der Waals surface area (Å²) in [6, 6.07) is 0.478. The lowest BCUT2D eigenvalue weighted by Gasteiger charge is -1.91. The zero-order valence-corrected chi connectivity index (χ0v) is 5.52. The summed E-state index contributed by atoms with van der Waals surface area (Å²) in [5.41, 5.74) is 7.06. The van der Waals surface area contributed by atoms with Gasteiger partial charge in [-0.15, -0.1) is 0 Å². The summed E-state index contributed by atoms with van der Waals surface area (Å²) in [5, 5.41) is 0. The van der Waals surface area contributed by atoms with Crippen LogP contribution in [0.1, 0.15) is 20.3 Å². The maximum absolute atomic E-state index is 5.60. The first-order valence-electron chi connectivity index (χ1n) is 3.14. The first-order chi connectivity index (χ1) is 3.75. The molecule has 2 atom stereocenters. The molecule has 0 heterocycles. The molecule has 0 aromatic heterocycles.